The van der Waals surface area contributed by atoms with Gasteiger partial charge in [-0.2, -0.15) is 0 Å². The minimum atomic E-state index is -0.710. The van der Waals surface area contributed by atoms with Gasteiger partial charge in [0.15, 0.2) is 0 Å². The molecule has 0 radical (unpaired) electrons. The summed E-state index contributed by atoms with van der Waals surface area (Å²) < 4.78 is 3.01. The number of amides is 2. The molecule has 0 spiro atoms. The molecule has 168 valence electrons. The van der Waals surface area contributed by atoms with Crippen molar-refractivity contribution in [2.24, 2.45) is 0 Å². The minimum Gasteiger partial charge on any atom is -0.357 e. The summed E-state index contributed by atoms with van der Waals surface area (Å²) in [6.45, 7) is 0.612. The highest BCUT2D eigenvalue weighted by atomic mass is 32.1. The van der Waals surface area contributed by atoms with E-state index in [0.717, 1.165) is 18.4 Å². The van der Waals surface area contributed by atoms with Gasteiger partial charge in [0.05, 0.1) is 17.7 Å². The van der Waals surface area contributed by atoms with E-state index in [4.69, 9.17) is 0 Å². The third-order valence-electron chi connectivity index (χ3n) is 6.17. The molecule has 0 aliphatic heterocycles. The highest BCUT2D eigenvalue weighted by molar-refractivity contribution is 7.19. The van der Waals surface area contributed by atoms with Crippen LogP contribution in [0.2, 0.25) is 0 Å². The first kappa shape index (κ1) is 21.3. The summed E-state index contributed by atoms with van der Waals surface area (Å²) in [6, 6.07) is 19.5. The summed E-state index contributed by atoms with van der Waals surface area (Å²) in [5.74, 6) is -0.355. The van der Waals surface area contributed by atoms with Crippen molar-refractivity contribution in [3.8, 4) is 0 Å². The van der Waals surface area contributed by atoms with E-state index in [2.05, 4.69) is 39.1 Å². The molecule has 0 bridgehead atoms. The molecule has 5 rings (SSSR count). The van der Waals surface area contributed by atoms with Crippen LogP contribution in [-0.2, 0) is 28.0 Å². The van der Waals surface area contributed by atoms with E-state index in [1.165, 1.54) is 15.0 Å². The van der Waals surface area contributed by atoms with Crippen LogP contribution >= 0.6 is 11.3 Å². The Kier molecular flexibility index (Phi) is 5.68. The maximum absolute atomic E-state index is 13.1. The monoisotopic (exact) mass is 459 g/mol. The smallest absolute Gasteiger partial charge is 0.242 e. The van der Waals surface area contributed by atoms with Gasteiger partial charge < -0.3 is 10.6 Å². The largest absolute Gasteiger partial charge is 0.357 e. The molecule has 2 aromatic carbocycles. The molecule has 2 aromatic heterocycles. The Morgan fingerprint density at radius 1 is 1.12 bits per heavy atom. The van der Waals surface area contributed by atoms with Crippen molar-refractivity contribution in [1.82, 2.24) is 25.6 Å². The second-order valence-corrected chi connectivity index (χ2v) is 9.62. The van der Waals surface area contributed by atoms with Crippen molar-refractivity contribution >= 4 is 33.2 Å². The van der Waals surface area contributed by atoms with Crippen LogP contribution in [0, 0.1) is 0 Å². The number of aromatic nitrogens is 3. The SMILES string of the molecule is CNC(=O)C(Cc1cn(Cc2cc3ccccc3s2)nn1)NC(=O)C1(c2ccccc2)CC1. The van der Waals surface area contributed by atoms with Gasteiger partial charge >= 0.3 is 0 Å². The number of rotatable bonds is 8. The number of fused-ring (bicyclic) bond motifs is 1. The second-order valence-electron chi connectivity index (χ2n) is 8.45. The molecule has 8 heteroatoms. The predicted octanol–water partition coefficient (Wildman–Crippen LogP) is 3.05. The number of benzene rings is 2. The number of hydrogen-bond donors (Lipinski definition) is 2. The van der Waals surface area contributed by atoms with E-state index in [0.29, 0.717) is 12.2 Å². The van der Waals surface area contributed by atoms with Crippen LogP contribution in [0.4, 0.5) is 0 Å². The summed E-state index contributed by atoms with van der Waals surface area (Å²) in [4.78, 5) is 26.9. The molecule has 4 aromatic rings. The molecule has 1 aliphatic rings. The quantitative estimate of drug-likeness (QED) is 0.424. The molecule has 0 saturated heterocycles. The van der Waals surface area contributed by atoms with Gasteiger partial charge in [-0.1, -0.05) is 53.7 Å². The van der Waals surface area contributed by atoms with Gasteiger partial charge in [-0.15, -0.1) is 16.4 Å². The lowest BCUT2D eigenvalue weighted by Crippen LogP contribution is -2.50. The topological polar surface area (TPSA) is 88.9 Å². The lowest BCUT2D eigenvalue weighted by atomic mass is 9.94. The van der Waals surface area contributed by atoms with Crippen LogP contribution in [0.15, 0.2) is 66.9 Å². The molecule has 2 amide bonds. The zero-order valence-electron chi connectivity index (χ0n) is 18.3. The first-order valence-corrected chi connectivity index (χ1v) is 11.8. The van der Waals surface area contributed by atoms with Crippen LogP contribution < -0.4 is 10.6 Å². The zero-order chi connectivity index (χ0) is 22.8. The molecule has 33 heavy (non-hydrogen) atoms. The number of hydrogen-bond acceptors (Lipinski definition) is 5. The van der Waals surface area contributed by atoms with Gasteiger partial charge in [0.2, 0.25) is 11.8 Å². The standard InChI is InChI=1S/C25H25N5O2S/c1-26-23(31)21(27-24(32)25(11-12-25)18-8-3-2-4-9-18)14-19-15-30(29-28-19)16-20-13-17-7-5-6-10-22(17)33-20/h2-10,13,15,21H,11-12,14,16H2,1H3,(H,26,31)(H,27,32). The predicted molar refractivity (Wildman–Crippen MR) is 128 cm³/mol. The van der Waals surface area contributed by atoms with Crippen molar-refractivity contribution < 1.29 is 9.59 Å². The van der Waals surface area contributed by atoms with E-state index in [1.54, 1.807) is 23.1 Å². The van der Waals surface area contributed by atoms with Gasteiger partial charge in [-0.25, -0.2) is 4.68 Å². The lowest BCUT2D eigenvalue weighted by Gasteiger charge is -2.21. The Morgan fingerprint density at radius 3 is 2.61 bits per heavy atom. The van der Waals surface area contributed by atoms with Crippen molar-refractivity contribution in [2.75, 3.05) is 7.05 Å². The Morgan fingerprint density at radius 2 is 1.88 bits per heavy atom. The van der Waals surface area contributed by atoms with E-state index >= 15 is 0 Å². The highest BCUT2D eigenvalue weighted by Gasteiger charge is 2.51. The second kappa shape index (κ2) is 8.78. The molecule has 1 unspecified atom stereocenters. The molecule has 2 N–H and O–H groups in total. The number of nitrogens with one attached hydrogen (secondary N) is 2. The van der Waals surface area contributed by atoms with E-state index in [1.807, 2.05) is 48.7 Å². The third-order valence-corrected chi connectivity index (χ3v) is 7.27. The van der Waals surface area contributed by atoms with E-state index in [-0.39, 0.29) is 18.2 Å². The Bertz CT molecular complexity index is 1260. The van der Waals surface area contributed by atoms with Crippen LogP contribution in [0.5, 0.6) is 0 Å². The molecule has 7 nitrogen and oxygen atoms in total. The van der Waals surface area contributed by atoms with Gasteiger partial charge in [0.25, 0.3) is 0 Å². The molecule has 1 saturated carbocycles. The van der Waals surface area contributed by atoms with Crippen molar-refractivity contribution in [3.63, 3.8) is 0 Å². The summed E-state index contributed by atoms with van der Waals surface area (Å²) in [5.41, 5.74) is 1.12. The zero-order valence-corrected chi connectivity index (χ0v) is 19.1. The average Bonchev–Trinajstić information content (AvgIpc) is 3.38. The maximum atomic E-state index is 13.1. The summed E-state index contributed by atoms with van der Waals surface area (Å²) in [5, 5.41) is 15.3. The van der Waals surface area contributed by atoms with Gasteiger partial charge in [0, 0.05) is 29.2 Å². The third kappa shape index (κ3) is 4.39. The van der Waals surface area contributed by atoms with Crippen LogP contribution in [0.25, 0.3) is 10.1 Å². The Labute approximate surface area is 195 Å². The Balaban J connectivity index is 1.28. The maximum Gasteiger partial charge on any atom is 0.242 e. The minimum absolute atomic E-state index is 0.111. The first-order valence-electron chi connectivity index (χ1n) is 11.0. The summed E-state index contributed by atoms with van der Waals surface area (Å²) in [6.07, 6.45) is 3.70. The number of carbonyl (C=O) groups is 2. The van der Waals surface area contributed by atoms with Gasteiger partial charge in [-0.3, -0.25) is 9.59 Å². The molecule has 1 fully saturated rings. The normalized spacial score (nSPS) is 15.2. The lowest BCUT2D eigenvalue weighted by molar-refractivity contribution is -0.130. The van der Waals surface area contributed by atoms with Crippen molar-refractivity contribution in [3.05, 3.63) is 83.0 Å². The fraction of sp³-hybridized carbons (Fsp3) is 0.280. The molecular formula is C25H25N5O2S. The van der Waals surface area contributed by atoms with Crippen LogP contribution in [0.3, 0.4) is 0 Å². The van der Waals surface area contributed by atoms with Gasteiger partial charge in [0.1, 0.15) is 6.04 Å². The van der Waals surface area contributed by atoms with E-state index < -0.39 is 11.5 Å². The fourth-order valence-electron chi connectivity index (χ4n) is 4.20. The molecule has 1 aliphatic carbocycles. The van der Waals surface area contributed by atoms with Crippen molar-refractivity contribution in [2.45, 2.75) is 37.3 Å². The Hall–Kier alpha value is -3.52. The summed E-state index contributed by atoms with van der Waals surface area (Å²) in [7, 11) is 1.57. The molecule has 2 heterocycles. The van der Waals surface area contributed by atoms with Gasteiger partial charge in [-0.05, 0) is 35.9 Å². The average molecular weight is 460 g/mol. The van der Waals surface area contributed by atoms with E-state index in [9.17, 15) is 9.59 Å². The molecular weight excluding hydrogens is 434 g/mol. The first-order chi connectivity index (χ1) is 16.1. The van der Waals surface area contributed by atoms with Crippen molar-refractivity contribution in [1.29, 1.82) is 0 Å². The number of carbonyl (C=O) groups excluding carboxylic acids is 2. The fourth-order valence-corrected chi connectivity index (χ4v) is 5.26. The summed E-state index contributed by atoms with van der Waals surface area (Å²) >= 11 is 1.73. The number of thiophene rings is 1. The van der Waals surface area contributed by atoms with Crippen LogP contribution in [0.1, 0.15) is 29.0 Å². The highest BCUT2D eigenvalue weighted by Crippen LogP contribution is 2.48. The molecule has 1 atom stereocenters. The van der Waals surface area contributed by atoms with Crippen LogP contribution in [-0.4, -0.2) is 39.9 Å². The number of nitrogens with zero attached hydrogens (tertiary/aromatic N) is 3. The number of likely N-dealkylation sites (N-methyl/N-ethyl adjacent to an activating group) is 1.